The summed E-state index contributed by atoms with van der Waals surface area (Å²) in [5, 5.41) is 72.2. The highest BCUT2D eigenvalue weighted by Crippen LogP contribution is 2.26. The van der Waals surface area contributed by atoms with E-state index in [1.807, 2.05) is 0 Å². The van der Waals surface area contributed by atoms with Crippen molar-refractivity contribution >= 4 is 5.97 Å². The van der Waals surface area contributed by atoms with Gasteiger partial charge in [-0.3, -0.25) is 4.79 Å². The van der Waals surface area contributed by atoms with Crippen molar-refractivity contribution in [2.45, 2.75) is 255 Å². The highest BCUT2D eigenvalue weighted by Gasteiger charge is 2.47. The summed E-state index contributed by atoms with van der Waals surface area (Å²) in [6, 6.07) is 0. The van der Waals surface area contributed by atoms with Gasteiger partial charge in [0, 0.05) is 13.0 Å². The molecule has 396 valence electrons. The van der Waals surface area contributed by atoms with Crippen LogP contribution in [0.5, 0.6) is 0 Å². The van der Waals surface area contributed by atoms with Crippen LogP contribution < -0.4 is 0 Å². The number of hydrogen-bond acceptors (Lipinski definition) is 14. The molecule has 2 fully saturated rings. The molecule has 14 nitrogen and oxygen atoms in total. The monoisotopic (exact) mass is 969 g/mol. The topological polar surface area (TPSA) is 214 Å². The molecule has 0 bridgehead atoms. The summed E-state index contributed by atoms with van der Waals surface area (Å²) in [5.74, 6) is -0.390. The minimum Gasteiger partial charge on any atom is -0.457 e. The van der Waals surface area contributed by atoms with Crippen molar-refractivity contribution in [1.29, 1.82) is 0 Å². The van der Waals surface area contributed by atoms with E-state index >= 15 is 0 Å². The zero-order valence-corrected chi connectivity index (χ0v) is 42.1. The molecular formula is C54H96O14. The van der Waals surface area contributed by atoms with Crippen molar-refractivity contribution < 1.29 is 69.0 Å². The Labute approximate surface area is 410 Å². The van der Waals surface area contributed by atoms with Crippen LogP contribution in [0.15, 0.2) is 48.6 Å². The molecule has 0 spiro atoms. The lowest BCUT2D eigenvalue weighted by Gasteiger charge is -2.42. The van der Waals surface area contributed by atoms with E-state index < -0.39 is 80.7 Å². The highest BCUT2D eigenvalue weighted by atomic mass is 16.7. The molecule has 14 heteroatoms. The maximum absolute atomic E-state index is 13.0. The molecule has 2 aliphatic heterocycles. The van der Waals surface area contributed by atoms with Crippen molar-refractivity contribution in [2.24, 2.45) is 0 Å². The fraction of sp³-hybridized carbons (Fsp3) is 0.833. The highest BCUT2D eigenvalue weighted by molar-refractivity contribution is 5.69. The van der Waals surface area contributed by atoms with Gasteiger partial charge in [0.05, 0.1) is 26.4 Å². The van der Waals surface area contributed by atoms with E-state index in [9.17, 15) is 40.5 Å². The van der Waals surface area contributed by atoms with Crippen LogP contribution in [0.4, 0.5) is 0 Å². The Morgan fingerprint density at radius 2 is 0.912 bits per heavy atom. The molecule has 0 aromatic heterocycles. The standard InChI is InChI=1S/C54H96O14/c1-3-5-7-9-11-13-15-17-19-20-21-22-23-24-26-28-30-32-34-36-38-63-40-43(66-46(56)37-35-33-31-29-27-25-18-16-14-12-10-8-6-4-2)41-64-53-52(62)50(60)48(58)45(68-53)42-65-54-51(61)49(59)47(57)44(39-55)67-54/h11,13,16-19,21-22,43-45,47-55,57-62H,3-10,12,14-15,20,23-42H2,1-2H3/b13-11-,18-16-,19-17-,22-21-. The van der Waals surface area contributed by atoms with Crippen LogP contribution in [0, 0.1) is 0 Å². The average Bonchev–Trinajstić information content (AvgIpc) is 3.33. The number of ether oxygens (including phenoxy) is 6. The second kappa shape index (κ2) is 41.6. The molecule has 2 heterocycles. The summed E-state index contributed by atoms with van der Waals surface area (Å²) in [4.78, 5) is 13.0. The molecule has 2 aliphatic rings. The minimum atomic E-state index is -1.71. The number of aliphatic hydroxyl groups excluding tert-OH is 7. The van der Waals surface area contributed by atoms with Crippen LogP contribution in [0.3, 0.4) is 0 Å². The van der Waals surface area contributed by atoms with Crippen LogP contribution >= 0.6 is 0 Å². The summed E-state index contributed by atoms with van der Waals surface area (Å²) in [6.45, 7) is 3.62. The third-order valence-electron chi connectivity index (χ3n) is 12.6. The van der Waals surface area contributed by atoms with Gasteiger partial charge in [-0.2, -0.15) is 0 Å². The van der Waals surface area contributed by atoms with Gasteiger partial charge in [0.15, 0.2) is 12.6 Å². The van der Waals surface area contributed by atoms with E-state index in [2.05, 4.69) is 62.5 Å². The zero-order valence-electron chi connectivity index (χ0n) is 42.1. The van der Waals surface area contributed by atoms with E-state index in [1.54, 1.807) is 0 Å². The fourth-order valence-corrected chi connectivity index (χ4v) is 8.17. The number of carbonyl (C=O) groups is 1. The smallest absolute Gasteiger partial charge is 0.306 e. The molecule has 0 aromatic rings. The van der Waals surface area contributed by atoms with Crippen molar-refractivity contribution in [3.8, 4) is 0 Å². The number of rotatable bonds is 42. The molecule has 7 N–H and O–H groups in total. The lowest BCUT2D eigenvalue weighted by Crippen LogP contribution is -2.61. The molecule has 68 heavy (non-hydrogen) atoms. The van der Waals surface area contributed by atoms with E-state index in [-0.39, 0.29) is 25.6 Å². The number of hydrogen-bond donors (Lipinski definition) is 7. The number of carbonyl (C=O) groups excluding carboxylic acids is 1. The van der Waals surface area contributed by atoms with Gasteiger partial charge in [0.25, 0.3) is 0 Å². The molecule has 2 rings (SSSR count). The third kappa shape index (κ3) is 28.7. The van der Waals surface area contributed by atoms with E-state index in [0.29, 0.717) is 13.0 Å². The fourth-order valence-electron chi connectivity index (χ4n) is 8.17. The van der Waals surface area contributed by atoms with Crippen LogP contribution in [0.1, 0.15) is 187 Å². The molecular weight excluding hydrogens is 873 g/mol. The van der Waals surface area contributed by atoms with E-state index in [0.717, 1.165) is 77.0 Å². The second-order valence-electron chi connectivity index (χ2n) is 18.7. The first kappa shape index (κ1) is 62.1. The summed E-state index contributed by atoms with van der Waals surface area (Å²) in [5.41, 5.74) is 0. The Bertz CT molecular complexity index is 1310. The van der Waals surface area contributed by atoms with E-state index in [1.165, 1.54) is 83.5 Å². The molecule has 0 amide bonds. The number of unbranched alkanes of at least 4 members (excludes halogenated alkanes) is 20. The molecule has 0 saturated carbocycles. The summed E-state index contributed by atoms with van der Waals surface area (Å²) >= 11 is 0. The third-order valence-corrected chi connectivity index (χ3v) is 12.6. The Morgan fingerprint density at radius 3 is 1.47 bits per heavy atom. The first-order valence-electron chi connectivity index (χ1n) is 26.7. The lowest BCUT2D eigenvalue weighted by atomic mass is 9.98. The van der Waals surface area contributed by atoms with Crippen molar-refractivity contribution in [1.82, 2.24) is 0 Å². The number of allylic oxidation sites excluding steroid dienone is 8. The normalized spacial score (nSPS) is 26.2. The van der Waals surface area contributed by atoms with Crippen LogP contribution in [-0.2, 0) is 33.2 Å². The SMILES string of the molecule is CCCCC/C=C\C/C=C\C/C=C\CCCCCCCCCOCC(COC1OC(COC2OC(CO)C(O)C(O)C2O)C(O)C(O)C1O)OC(=O)CCCCCCC/C=C\CCCCCCC. The molecule has 2 saturated heterocycles. The predicted molar refractivity (Wildman–Crippen MR) is 266 cm³/mol. The zero-order chi connectivity index (χ0) is 49.5. The van der Waals surface area contributed by atoms with Gasteiger partial charge in [-0.05, 0) is 77.0 Å². The van der Waals surface area contributed by atoms with Crippen molar-refractivity contribution in [2.75, 3.05) is 33.0 Å². The van der Waals surface area contributed by atoms with Gasteiger partial charge < -0.3 is 64.2 Å². The van der Waals surface area contributed by atoms with Crippen LogP contribution in [-0.4, -0.2) is 142 Å². The maximum atomic E-state index is 13.0. The van der Waals surface area contributed by atoms with Crippen LogP contribution in [0.25, 0.3) is 0 Å². The van der Waals surface area contributed by atoms with Crippen molar-refractivity contribution in [3.63, 3.8) is 0 Å². The Morgan fingerprint density at radius 1 is 0.485 bits per heavy atom. The van der Waals surface area contributed by atoms with Gasteiger partial charge in [0.1, 0.15) is 54.9 Å². The number of aliphatic hydroxyl groups is 7. The second-order valence-corrected chi connectivity index (χ2v) is 18.7. The average molecular weight is 969 g/mol. The van der Waals surface area contributed by atoms with Crippen molar-refractivity contribution in [3.05, 3.63) is 48.6 Å². The Kier molecular flexibility index (Phi) is 37.9. The van der Waals surface area contributed by atoms with Gasteiger partial charge >= 0.3 is 5.97 Å². The molecule has 0 aliphatic carbocycles. The lowest BCUT2D eigenvalue weighted by molar-refractivity contribution is -0.332. The summed E-state index contributed by atoms with van der Waals surface area (Å²) in [6.07, 6.45) is 31.7. The van der Waals surface area contributed by atoms with E-state index in [4.69, 9.17) is 28.4 Å². The largest absolute Gasteiger partial charge is 0.457 e. The first-order chi connectivity index (χ1) is 33.1. The Balaban J connectivity index is 1.76. The Hall–Kier alpha value is -2.05. The molecule has 0 radical (unpaired) electrons. The maximum Gasteiger partial charge on any atom is 0.306 e. The minimum absolute atomic E-state index is 0.0507. The molecule has 0 aromatic carbocycles. The van der Waals surface area contributed by atoms with Gasteiger partial charge in [-0.25, -0.2) is 0 Å². The predicted octanol–water partition coefficient (Wildman–Crippen LogP) is 8.35. The molecule has 11 unspecified atom stereocenters. The number of esters is 1. The quantitative estimate of drug-likeness (QED) is 0.0174. The summed E-state index contributed by atoms with van der Waals surface area (Å²) in [7, 11) is 0. The molecule has 11 atom stereocenters. The first-order valence-corrected chi connectivity index (χ1v) is 26.7. The van der Waals surface area contributed by atoms with Gasteiger partial charge in [-0.1, -0.05) is 152 Å². The summed E-state index contributed by atoms with van der Waals surface area (Å²) < 4.78 is 34.3. The van der Waals surface area contributed by atoms with Gasteiger partial charge in [-0.15, -0.1) is 0 Å². The van der Waals surface area contributed by atoms with Gasteiger partial charge in [0.2, 0.25) is 0 Å². The van der Waals surface area contributed by atoms with Crippen LogP contribution in [0.2, 0.25) is 0 Å².